The van der Waals surface area contributed by atoms with Crippen LogP contribution in [0.15, 0.2) is 60.7 Å². The molecule has 22 heavy (non-hydrogen) atoms. The molecule has 0 fully saturated rings. The van der Waals surface area contributed by atoms with Gasteiger partial charge < -0.3 is 5.32 Å². The average molecular weight is 296 g/mol. The molecule has 0 aliphatic rings. The molecule has 2 rings (SSSR count). The number of carbonyl (C=O) groups is 3. The first-order chi connectivity index (χ1) is 10.6. The molecule has 112 valence electrons. The number of carbonyl (C=O) groups excluding carboxylic acids is 3. The summed E-state index contributed by atoms with van der Waals surface area (Å²) in [5, 5.41) is 4.94. The van der Waals surface area contributed by atoms with Gasteiger partial charge in [-0.3, -0.25) is 19.7 Å². The van der Waals surface area contributed by atoms with Crippen LogP contribution in [0.1, 0.15) is 23.2 Å². The largest absolute Gasteiger partial charge is 0.326 e. The summed E-state index contributed by atoms with van der Waals surface area (Å²) in [4.78, 5) is 35.1. The van der Waals surface area contributed by atoms with E-state index >= 15 is 0 Å². The Kier molecular flexibility index (Phi) is 5.43. The zero-order valence-electron chi connectivity index (χ0n) is 11.9. The molecule has 2 aromatic carbocycles. The minimum Gasteiger partial charge on any atom is -0.326 e. The maximum atomic E-state index is 11.8. The van der Waals surface area contributed by atoms with Gasteiger partial charge in [0.25, 0.3) is 5.91 Å². The fraction of sp³-hybridized carbons (Fsp3) is 0.118. The van der Waals surface area contributed by atoms with Crippen LogP contribution in [-0.2, 0) is 9.59 Å². The van der Waals surface area contributed by atoms with Crippen LogP contribution < -0.4 is 10.6 Å². The lowest BCUT2D eigenvalue weighted by atomic mass is 10.2. The van der Waals surface area contributed by atoms with Crippen molar-refractivity contribution in [1.29, 1.82) is 0 Å². The fourth-order valence-corrected chi connectivity index (χ4v) is 1.82. The number of amides is 3. The van der Waals surface area contributed by atoms with Gasteiger partial charge in [-0.15, -0.1) is 0 Å². The zero-order valence-corrected chi connectivity index (χ0v) is 11.9. The molecular weight excluding hydrogens is 280 g/mol. The van der Waals surface area contributed by atoms with Gasteiger partial charge in [-0.25, -0.2) is 0 Å². The molecule has 2 N–H and O–H groups in total. The maximum absolute atomic E-state index is 11.8. The van der Waals surface area contributed by atoms with Crippen molar-refractivity contribution in [2.45, 2.75) is 12.8 Å². The predicted octanol–water partition coefficient (Wildman–Crippen LogP) is 2.36. The van der Waals surface area contributed by atoms with Crippen LogP contribution in [0, 0.1) is 0 Å². The number of anilines is 1. The SMILES string of the molecule is O=C(CCC(=O)Nc1ccccc1)NC(=O)c1ccccc1. The van der Waals surface area contributed by atoms with E-state index in [2.05, 4.69) is 10.6 Å². The van der Waals surface area contributed by atoms with E-state index in [9.17, 15) is 14.4 Å². The highest BCUT2D eigenvalue weighted by molar-refractivity contribution is 6.05. The van der Waals surface area contributed by atoms with E-state index in [-0.39, 0.29) is 18.7 Å². The lowest BCUT2D eigenvalue weighted by Crippen LogP contribution is -2.31. The Morgan fingerprint density at radius 3 is 1.91 bits per heavy atom. The number of benzene rings is 2. The normalized spacial score (nSPS) is 9.82. The highest BCUT2D eigenvalue weighted by Crippen LogP contribution is 2.06. The number of imide groups is 1. The number of hydrogen-bond acceptors (Lipinski definition) is 3. The van der Waals surface area contributed by atoms with E-state index < -0.39 is 11.8 Å². The van der Waals surface area contributed by atoms with E-state index in [1.807, 2.05) is 6.07 Å². The third-order valence-electron chi connectivity index (χ3n) is 2.93. The molecule has 0 aliphatic heterocycles. The van der Waals surface area contributed by atoms with Gasteiger partial charge in [0, 0.05) is 24.1 Å². The van der Waals surface area contributed by atoms with E-state index in [4.69, 9.17) is 0 Å². The Hall–Kier alpha value is -2.95. The highest BCUT2D eigenvalue weighted by Gasteiger charge is 2.11. The molecule has 0 unspecified atom stereocenters. The van der Waals surface area contributed by atoms with Crippen LogP contribution in [0.2, 0.25) is 0 Å². The smallest absolute Gasteiger partial charge is 0.257 e. The summed E-state index contributed by atoms with van der Waals surface area (Å²) < 4.78 is 0. The summed E-state index contributed by atoms with van der Waals surface area (Å²) in [6.07, 6.45) is -0.0277. The van der Waals surface area contributed by atoms with E-state index in [0.717, 1.165) is 0 Å². The Morgan fingerprint density at radius 1 is 0.727 bits per heavy atom. The van der Waals surface area contributed by atoms with Gasteiger partial charge in [-0.2, -0.15) is 0 Å². The van der Waals surface area contributed by atoms with Crippen LogP contribution >= 0.6 is 0 Å². The second-order valence-corrected chi connectivity index (χ2v) is 4.66. The predicted molar refractivity (Wildman–Crippen MR) is 83.2 cm³/mol. The van der Waals surface area contributed by atoms with Crippen LogP contribution in [0.3, 0.4) is 0 Å². The Balaban J connectivity index is 1.76. The summed E-state index contributed by atoms with van der Waals surface area (Å²) in [5.41, 5.74) is 1.08. The van der Waals surface area contributed by atoms with Crippen molar-refractivity contribution >= 4 is 23.4 Å². The van der Waals surface area contributed by atoms with E-state index in [0.29, 0.717) is 11.3 Å². The number of hydrogen-bond donors (Lipinski definition) is 2. The van der Waals surface area contributed by atoms with Crippen molar-refractivity contribution in [1.82, 2.24) is 5.32 Å². The highest BCUT2D eigenvalue weighted by atomic mass is 16.2. The minimum atomic E-state index is -0.475. The first-order valence-electron chi connectivity index (χ1n) is 6.89. The molecule has 0 bridgehead atoms. The van der Waals surface area contributed by atoms with Crippen LogP contribution in [0.5, 0.6) is 0 Å². The molecule has 5 heteroatoms. The van der Waals surface area contributed by atoms with Crippen molar-refractivity contribution in [3.05, 3.63) is 66.2 Å². The van der Waals surface area contributed by atoms with Crippen LogP contribution in [-0.4, -0.2) is 17.7 Å². The lowest BCUT2D eigenvalue weighted by Gasteiger charge is -2.06. The molecule has 0 aliphatic carbocycles. The van der Waals surface area contributed by atoms with Crippen LogP contribution in [0.4, 0.5) is 5.69 Å². The fourth-order valence-electron chi connectivity index (χ4n) is 1.82. The quantitative estimate of drug-likeness (QED) is 0.889. The third-order valence-corrected chi connectivity index (χ3v) is 2.93. The van der Waals surface area contributed by atoms with Gasteiger partial charge in [0.2, 0.25) is 11.8 Å². The summed E-state index contributed by atoms with van der Waals surface area (Å²) in [6.45, 7) is 0. The zero-order chi connectivity index (χ0) is 15.8. The Bertz CT molecular complexity index is 654. The van der Waals surface area contributed by atoms with Crippen molar-refractivity contribution in [2.24, 2.45) is 0 Å². The molecule has 0 atom stereocenters. The van der Waals surface area contributed by atoms with Gasteiger partial charge in [-0.1, -0.05) is 36.4 Å². The average Bonchev–Trinajstić information content (AvgIpc) is 2.55. The van der Waals surface area contributed by atoms with Gasteiger partial charge >= 0.3 is 0 Å². The van der Waals surface area contributed by atoms with Crippen molar-refractivity contribution in [3.63, 3.8) is 0 Å². The third kappa shape index (κ3) is 4.86. The second-order valence-electron chi connectivity index (χ2n) is 4.66. The maximum Gasteiger partial charge on any atom is 0.257 e. The van der Waals surface area contributed by atoms with E-state index in [1.165, 1.54) is 0 Å². The minimum absolute atomic E-state index is 0.0167. The first-order valence-corrected chi connectivity index (χ1v) is 6.89. The summed E-state index contributed by atoms with van der Waals surface area (Å²) in [7, 11) is 0. The Labute approximate surface area is 128 Å². The van der Waals surface area contributed by atoms with Crippen molar-refractivity contribution in [3.8, 4) is 0 Å². The molecular formula is C17H16N2O3. The molecule has 0 aromatic heterocycles. The summed E-state index contributed by atoms with van der Waals surface area (Å²) in [5.74, 6) is -1.21. The monoisotopic (exact) mass is 296 g/mol. The second kappa shape index (κ2) is 7.73. The van der Waals surface area contributed by atoms with Crippen molar-refractivity contribution < 1.29 is 14.4 Å². The van der Waals surface area contributed by atoms with Gasteiger partial charge in [0.15, 0.2) is 0 Å². The number of para-hydroxylation sites is 1. The molecule has 3 amide bonds. The topological polar surface area (TPSA) is 75.3 Å². The Morgan fingerprint density at radius 2 is 1.27 bits per heavy atom. The van der Waals surface area contributed by atoms with Crippen molar-refractivity contribution in [2.75, 3.05) is 5.32 Å². The molecule has 5 nitrogen and oxygen atoms in total. The standard InChI is InChI=1S/C17H16N2O3/c20-15(18-14-9-5-2-6-10-14)11-12-16(21)19-17(22)13-7-3-1-4-8-13/h1-10H,11-12H2,(H,18,20)(H,19,21,22). The molecule has 0 heterocycles. The molecule has 0 saturated heterocycles. The molecule has 0 radical (unpaired) electrons. The molecule has 0 spiro atoms. The van der Waals surface area contributed by atoms with Crippen LogP contribution in [0.25, 0.3) is 0 Å². The van der Waals surface area contributed by atoms with Gasteiger partial charge in [0.1, 0.15) is 0 Å². The lowest BCUT2D eigenvalue weighted by molar-refractivity contribution is -0.123. The number of rotatable bonds is 5. The van der Waals surface area contributed by atoms with E-state index in [1.54, 1.807) is 54.6 Å². The van der Waals surface area contributed by atoms with Gasteiger partial charge in [-0.05, 0) is 24.3 Å². The molecule has 2 aromatic rings. The summed E-state index contributed by atoms with van der Waals surface area (Å²) in [6, 6.07) is 17.4. The number of nitrogens with one attached hydrogen (secondary N) is 2. The van der Waals surface area contributed by atoms with Gasteiger partial charge in [0.05, 0.1) is 0 Å². The molecule has 0 saturated carbocycles. The first kappa shape index (κ1) is 15.4. The summed E-state index contributed by atoms with van der Waals surface area (Å²) >= 11 is 0.